The zero-order valence-electron chi connectivity index (χ0n) is 13.5. The van der Waals surface area contributed by atoms with Crippen molar-refractivity contribution in [2.45, 2.75) is 37.8 Å². The first-order valence-corrected chi connectivity index (χ1v) is 8.41. The van der Waals surface area contributed by atoms with E-state index in [9.17, 15) is 0 Å². The number of nitrogens with zero attached hydrogens (tertiary/aromatic N) is 1. The van der Waals surface area contributed by atoms with Crippen LogP contribution in [0.4, 0.5) is 5.69 Å². The Balaban J connectivity index is 1.72. The van der Waals surface area contributed by atoms with E-state index in [1.165, 1.54) is 11.1 Å². The molecule has 3 rings (SSSR count). The predicted octanol–water partition coefficient (Wildman–Crippen LogP) is 3.18. The summed E-state index contributed by atoms with van der Waals surface area (Å²) in [5.74, 6) is 0. The second-order valence-corrected chi connectivity index (χ2v) is 6.21. The Kier molecular flexibility index (Phi) is 5.26. The van der Waals surface area contributed by atoms with Crippen molar-refractivity contribution >= 4 is 22.5 Å². The molecule has 1 aliphatic rings. The second kappa shape index (κ2) is 7.57. The van der Waals surface area contributed by atoms with E-state index in [-0.39, 0.29) is 6.61 Å². The molecular formula is C19H25N3O. The van der Waals surface area contributed by atoms with Gasteiger partial charge in [0.15, 0.2) is 0 Å². The quantitative estimate of drug-likeness (QED) is 0.767. The molecule has 1 aliphatic carbocycles. The molecule has 1 heterocycles. The van der Waals surface area contributed by atoms with Gasteiger partial charge in [0, 0.05) is 53.0 Å². The third-order valence-electron chi connectivity index (χ3n) is 4.66. The minimum absolute atomic E-state index is 0.215. The molecule has 0 saturated heterocycles. The highest BCUT2D eigenvalue weighted by Gasteiger charge is 2.21. The number of nitrogens with one attached hydrogen (secondary N) is 2. The average Bonchev–Trinajstić information content (AvgIpc) is 2.61. The van der Waals surface area contributed by atoms with Crippen molar-refractivity contribution < 1.29 is 5.11 Å². The van der Waals surface area contributed by atoms with Gasteiger partial charge in [-0.05, 0) is 31.7 Å². The monoisotopic (exact) mass is 311 g/mol. The largest absolute Gasteiger partial charge is 0.395 e. The molecule has 0 radical (unpaired) electrons. The summed E-state index contributed by atoms with van der Waals surface area (Å²) in [4.78, 5) is 4.28. The summed E-state index contributed by atoms with van der Waals surface area (Å²) in [6.45, 7) is 4.82. The molecular weight excluding hydrogens is 286 g/mol. The summed E-state index contributed by atoms with van der Waals surface area (Å²) in [5.41, 5.74) is 2.25. The molecule has 23 heavy (non-hydrogen) atoms. The fourth-order valence-electron chi connectivity index (χ4n) is 3.47. The fraction of sp³-hybridized carbons (Fsp3) is 0.421. The smallest absolute Gasteiger partial charge is 0.0556 e. The molecule has 0 bridgehead atoms. The van der Waals surface area contributed by atoms with Crippen molar-refractivity contribution in [2.75, 3.05) is 18.5 Å². The molecule has 1 saturated carbocycles. The molecule has 0 unspecified atom stereocenters. The number of anilines is 1. The van der Waals surface area contributed by atoms with Crippen LogP contribution in [0, 0.1) is 0 Å². The first-order chi connectivity index (χ1) is 11.3. The molecule has 1 fully saturated rings. The van der Waals surface area contributed by atoms with Crippen LogP contribution in [-0.4, -0.2) is 35.3 Å². The molecule has 0 spiro atoms. The van der Waals surface area contributed by atoms with Crippen molar-refractivity contribution in [1.82, 2.24) is 10.3 Å². The third kappa shape index (κ3) is 3.71. The highest BCUT2D eigenvalue weighted by atomic mass is 16.3. The number of aliphatic hydroxyl groups excluding tert-OH is 1. The van der Waals surface area contributed by atoms with E-state index in [0.29, 0.717) is 18.6 Å². The lowest BCUT2D eigenvalue weighted by atomic mass is 9.90. The van der Waals surface area contributed by atoms with Crippen LogP contribution in [0.5, 0.6) is 0 Å². The highest BCUT2D eigenvalue weighted by Crippen LogP contribution is 2.30. The first-order valence-electron chi connectivity index (χ1n) is 8.41. The van der Waals surface area contributed by atoms with Crippen LogP contribution in [0.25, 0.3) is 16.8 Å². The lowest BCUT2D eigenvalue weighted by Gasteiger charge is -2.30. The Morgan fingerprint density at radius 3 is 2.70 bits per heavy atom. The third-order valence-corrected chi connectivity index (χ3v) is 4.66. The van der Waals surface area contributed by atoms with E-state index in [4.69, 9.17) is 5.11 Å². The predicted molar refractivity (Wildman–Crippen MR) is 96.6 cm³/mol. The van der Waals surface area contributed by atoms with Gasteiger partial charge in [-0.25, -0.2) is 0 Å². The lowest BCUT2D eigenvalue weighted by Crippen LogP contribution is -2.38. The maximum absolute atomic E-state index is 8.91. The maximum Gasteiger partial charge on any atom is 0.0556 e. The summed E-state index contributed by atoms with van der Waals surface area (Å²) in [7, 11) is 0. The summed E-state index contributed by atoms with van der Waals surface area (Å²) >= 11 is 0. The number of benzene rings is 1. The maximum atomic E-state index is 8.91. The molecule has 0 atom stereocenters. The Morgan fingerprint density at radius 2 is 1.96 bits per heavy atom. The number of pyridine rings is 1. The van der Waals surface area contributed by atoms with Gasteiger partial charge in [-0.1, -0.05) is 24.8 Å². The summed E-state index contributed by atoms with van der Waals surface area (Å²) in [6.07, 6.45) is 10.2. The van der Waals surface area contributed by atoms with E-state index in [0.717, 1.165) is 36.6 Å². The van der Waals surface area contributed by atoms with E-state index >= 15 is 0 Å². The first kappa shape index (κ1) is 16.0. The number of aliphatic hydroxyl groups is 1. The second-order valence-electron chi connectivity index (χ2n) is 6.21. The molecule has 1 aromatic heterocycles. The number of aromatic nitrogens is 1. The summed E-state index contributed by atoms with van der Waals surface area (Å²) < 4.78 is 0. The van der Waals surface area contributed by atoms with Crippen molar-refractivity contribution in [2.24, 2.45) is 0 Å². The van der Waals surface area contributed by atoms with Crippen molar-refractivity contribution in [3.8, 4) is 0 Å². The van der Waals surface area contributed by atoms with Crippen LogP contribution in [0.2, 0.25) is 0 Å². The van der Waals surface area contributed by atoms with Crippen molar-refractivity contribution in [3.05, 3.63) is 42.7 Å². The number of fused-ring (bicyclic) bond motifs is 1. The van der Waals surface area contributed by atoms with Gasteiger partial charge in [-0.3, -0.25) is 4.98 Å². The van der Waals surface area contributed by atoms with Gasteiger partial charge in [0.1, 0.15) is 0 Å². The normalized spacial score (nSPS) is 21.3. The molecule has 2 aromatic rings. The number of hydrogen-bond acceptors (Lipinski definition) is 4. The summed E-state index contributed by atoms with van der Waals surface area (Å²) in [6, 6.07) is 7.36. The SMILES string of the molecule is C=Cc1cncc2cccc(N[C@H]3CC[C@H](NCCO)CC3)c12. The van der Waals surface area contributed by atoms with E-state index < -0.39 is 0 Å². The van der Waals surface area contributed by atoms with Gasteiger partial charge in [-0.15, -0.1) is 0 Å². The minimum Gasteiger partial charge on any atom is -0.395 e. The Labute approximate surface area is 137 Å². The Hall–Kier alpha value is -1.91. The molecule has 0 amide bonds. The van der Waals surface area contributed by atoms with Crippen LogP contribution in [0.15, 0.2) is 37.2 Å². The molecule has 1 aromatic carbocycles. The molecule has 0 aliphatic heterocycles. The van der Waals surface area contributed by atoms with E-state index in [1.54, 1.807) is 0 Å². The molecule has 122 valence electrons. The zero-order chi connectivity index (χ0) is 16.1. The van der Waals surface area contributed by atoms with Crippen molar-refractivity contribution in [1.29, 1.82) is 0 Å². The lowest BCUT2D eigenvalue weighted by molar-refractivity contribution is 0.269. The molecule has 4 nitrogen and oxygen atoms in total. The van der Waals surface area contributed by atoms with Crippen LogP contribution >= 0.6 is 0 Å². The van der Waals surface area contributed by atoms with Crippen LogP contribution in [0.1, 0.15) is 31.2 Å². The standard InChI is InChI=1S/C19H25N3O/c1-2-14-12-20-13-15-4-3-5-18(19(14)15)22-17-8-6-16(7-9-17)21-10-11-23/h2-5,12-13,16-17,21-23H,1,6-11H2/t16-,17-. The van der Waals surface area contributed by atoms with E-state index in [1.807, 2.05) is 18.5 Å². The topological polar surface area (TPSA) is 57.2 Å². The van der Waals surface area contributed by atoms with Gasteiger partial charge >= 0.3 is 0 Å². The van der Waals surface area contributed by atoms with Crippen LogP contribution < -0.4 is 10.6 Å². The minimum atomic E-state index is 0.215. The van der Waals surface area contributed by atoms with E-state index in [2.05, 4.69) is 40.4 Å². The van der Waals surface area contributed by atoms with Crippen LogP contribution in [-0.2, 0) is 0 Å². The zero-order valence-corrected chi connectivity index (χ0v) is 13.5. The van der Waals surface area contributed by atoms with Gasteiger partial charge < -0.3 is 15.7 Å². The Morgan fingerprint density at radius 1 is 1.17 bits per heavy atom. The number of rotatable bonds is 6. The number of hydrogen-bond donors (Lipinski definition) is 3. The average molecular weight is 311 g/mol. The molecule has 4 heteroatoms. The van der Waals surface area contributed by atoms with Crippen LogP contribution in [0.3, 0.4) is 0 Å². The summed E-state index contributed by atoms with van der Waals surface area (Å²) in [5, 5.41) is 18.4. The fourth-order valence-corrected chi connectivity index (χ4v) is 3.47. The van der Waals surface area contributed by atoms with Gasteiger partial charge in [0.2, 0.25) is 0 Å². The highest BCUT2D eigenvalue weighted by molar-refractivity contribution is 5.99. The van der Waals surface area contributed by atoms with Crippen molar-refractivity contribution in [3.63, 3.8) is 0 Å². The van der Waals surface area contributed by atoms with Gasteiger partial charge in [-0.2, -0.15) is 0 Å². The van der Waals surface area contributed by atoms with Gasteiger partial charge in [0.25, 0.3) is 0 Å². The molecule has 3 N–H and O–H groups in total. The van der Waals surface area contributed by atoms with Gasteiger partial charge in [0.05, 0.1) is 6.61 Å². The Bertz CT molecular complexity index is 657.